The normalized spacial score (nSPS) is 22.8. The number of carbonyl (C=O) groups is 1. The first-order valence-electron chi connectivity index (χ1n) is 8.52. The van der Waals surface area contributed by atoms with Crippen LogP contribution in [0.15, 0.2) is 4.60 Å². The summed E-state index contributed by atoms with van der Waals surface area (Å²) >= 11 is 3.36. The van der Waals surface area contributed by atoms with Crippen LogP contribution in [-0.4, -0.2) is 48.3 Å². The van der Waals surface area contributed by atoms with E-state index in [9.17, 15) is 4.79 Å². The Morgan fingerprint density at radius 2 is 2.12 bits per heavy atom. The van der Waals surface area contributed by atoms with Crippen molar-refractivity contribution in [1.82, 2.24) is 9.97 Å². The molecule has 2 aliphatic rings. The van der Waals surface area contributed by atoms with E-state index >= 15 is 0 Å². The standard InChI is InChI=1S/C17H24BrN3O3/c1-4-23-16(22)13-15(19-12(3)14(18)20-13)21-7-5-17(6-8-21)9-11(2)24-10-17/h11H,4-10H2,1-3H3/t11-/m0/s1. The van der Waals surface area contributed by atoms with Gasteiger partial charge in [-0.1, -0.05) is 0 Å². The SMILES string of the molecule is CCOC(=O)c1nc(Br)c(C)nc1N1CCC2(CC1)CO[C@@H](C)C2. The van der Waals surface area contributed by atoms with Gasteiger partial charge in [0.1, 0.15) is 4.60 Å². The highest BCUT2D eigenvalue weighted by molar-refractivity contribution is 9.10. The fraction of sp³-hybridized carbons (Fsp3) is 0.706. The minimum Gasteiger partial charge on any atom is -0.461 e. The molecule has 2 fully saturated rings. The zero-order valence-electron chi connectivity index (χ0n) is 14.5. The first kappa shape index (κ1) is 17.6. The fourth-order valence-electron chi connectivity index (χ4n) is 3.63. The van der Waals surface area contributed by atoms with Gasteiger partial charge in [-0.05, 0) is 61.4 Å². The molecule has 0 N–H and O–H groups in total. The van der Waals surface area contributed by atoms with Crippen LogP contribution in [0.1, 0.15) is 49.3 Å². The second-order valence-electron chi connectivity index (χ2n) is 6.81. The number of aromatic nitrogens is 2. The average Bonchev–Trinajstić information content (AvgIpc) is 2.91. The van der Waals surface area contributed by atoms with Crippen molar-refractivity contribution in [2.45, 2.75) is 46.1 Å². The molecule has 3 heterocycles. The van der Waals surface area contributed by atoms with Crippen LogP contribution < -0.4 is 4.90 Å². The van der Waals surface area contributed by atoms with Crippen LogP contribution in [0, 0.1) is 12.3 Å². The van der Waals surface area contributed by atoms with Crippen molar-refractivity contribution in [3.8, 4) is 0 Å². The van der Waals surface area contributed by atoms with Gasteiger partial charge in [0.05, 0.1) is 25.0 Å². The molecule has 132 valence electrons. The Morgan fingerprint density at radius 3 is 2.71 bits per heavy atom. The summed E-state index contributed by atoms with van der Waals surface area (Å²) in [5, 5.41) is 0. The van der Waals surface area contributed by atoms with Gasteiger partial charge in [-0.15, -0.1) is 0 Å². The first-order valence-corrected chi connectivity index (χ1v) is 9.31. The third-order valence-electron chi connectivity index (χ3n) is 4.98. The molecule has 24 heavy (non-hydrogen) atoms. The lowest BCUT2D eigenvalue weighted by molar-refractivity contribution is 0.0519. The first-order chi connectivity index (χ1) is 11.4. The van der Waals surface area contributed by atoms with E-state index in [2.05, 4.69) is 37.7 Å². The number of aryl methyl sites for hydroxylation is 1. The third kappa shape index (κ3) is 3.42. The van der Waals surface area contributed by atoms with Crippen LogP contribution in [0.5, 0.6) is 0 Å². The summed E-state index contributed by atoms with van der Waals surface area (Å²) in [4.78, 5) is 23.4. The van der Waals surface area contributed by atoms with Crippen LogP contribution in [0.25, 0.3) is 0 Å². The predicted octanol–water partition coefficient (Wildman–Crippen LogP) is 3.12. The minimum atomic E-state index is -0.418. The molecule has 3 rings (SSSR count). The smallest absolute Gasteiger partial charge is 0.360 e. The maximum absolute atomic E-state index is 12.3. The second-order valence-corrected chi connectivity index (χ2v) is 7.56. The Bertz CT molecular complexity index is 630. The molecule has 6 nitrogen and oxygen atoms in total. The van der Waals surface area contributed by atoms with Gasteiger partial charge >= 0.3 is 5.97 Å². The van der Waals surface area contributed by atoms with Gasteiger partial charge in [-0.2, -0.15) is 0 Å². The number of rotatable bonds is 3. The maximum Gasteiger partial charge on any atom is 0.360 e. The number of esters is 1. The molecule has 1 aromatic heterocycles. The van der Waals surface area contributed by atoms with E-state index in [0.29, 0.717) is 28.8 Å². The summed E-state index contributed by atoms with van der Waals surface area (Å²) in [5.41, 5.74) is 1.36. The van der Waals surface area contributed by atoms with Gasteiger partial charge in [0.15, 0.2) is 11.5 Å². The number of hydrogen-bond donors (Lipinski definition) is 0. The summed E-state index contributed by atoms with van der Waals surface area (Å²) in [6.45, 7) is 8.70. The topological polar surface area (TPSA) is 64.5 Å². The van der Waals surface area contributed by atoms with Gasteiger partial charge in [-0.25, -0.2) is 14.8 Å². The molecule has 0 aromatic carbocycles. The molecule has 2 aliphatic heterocycles. The Morgan fingerprint density at radius 1 is 1.42 bits per heavy atom. The number of anilines is 1. The highest BCUT2D eigenvalue weighted by atomic mass is 79.9. The quantitative estimate of drug-likeness (QED) is 0.729. The molecule has 0 saturated carbocycles. The van der Waals surface area contributed by atoms with Gasteiger partial charge < -0.3 is 14.4 Å². The van der Waals surface area contributed by atoms with Gasteiger partial charge in [-0.3, -0.25) is 0 Å². The molecule has 7 heteroatoms. The summed E-state index contributed by atoms with van der Waals surface area (Å²) in [6.07, 6.45) is 3.57. The van der Waals surface area contributed by atoms with Crippen molar-refractivity contribution in [1.29, 1.82) is 0 Å². The zero-order chi connectivity index (χ0) is 17.3. The zero-order valence-corrected chi connectivity index (χ0v) is 16.1. The summed E-state index contributed by atoms with van der Waals surface area (Å²) in [6, 6.07) is 0. The van der Waals surface area contributed by atoms with E-state index in [1.165, 1.54) is 0 Å². The Balaban J connectivity index is 1.82. The van der Waals surface area contributed by atoms with Crippen molar-refractivity contribution >= 4 is 27.7 Å². The van der Waals surface area contributed by atoms with E-state index in [4.69, 9.17) is 9.47 Å². The van der Waals surface area contributed by atoms with E-state index < -0.39 is 5.97 Å². The van der Waals surface area contributed by atoms with Gasteiger partial charge in [0.2, 0.25) is 0 Å². The largest absolute Gasteiger partial charge is 0.461 e. The van der Waals surface area contributed by atoms with E-state index in [-0.39, 0.29) is 5.41 Å². The molecule has 0 bridgehead atoms. The van der Waals surface area contributed by atoms with E-state index in [1.54, 1.807) is 6.92 Å². The lowest BCUT2D eigenvalue weighted by Crippen LogP contribution is -2.42. The number of carbonyl (C=O) groups excluding carboxylic acids is 1. The number of piperidine rings is 1. The number of nitrogens with zero attached hydrogens (tertiary/aromatic N) is 3. The van der Waals surface area contributed by atoms with Crippen LogP contribution >= 0.6 is 15.9 Å². The minimum absolute atomic E-state index is 0.290. The Kier molecular flexibility index (Phi) is 5.11. The molecule has 2 saturated heterocycles. The molecule has 1 spiro atoms. The van der Waals surface area contributed by atoms with Crippen LogP contribution in [-0.2, 0) is 9.47 Å². The monoisotopic (exact) mass is 397 g/mol. The lowest BCUT2D eigenvalue weighted by atomic mass is 9.77. The van der Waals surface area contributed by atoms with Crippen molar-refractivity contribution in [2.24, 2.45) is 5.41 Å². The number of hydrogen-bond acceptors (Lipinski definition) is 6. The molecule has 0 unspecified atom stereocenters. The van der Waals surface area contributed by atoms with Gasteiger partial charge in [0, 0.05) is 13.1 Å². The Hall–Kier alpha value is -1.21. The van der Waals surface area contributed by atoms with E-state index in [1.807, 2.05) is 6.92 Å². The second kappa shape index (κ2) is 6.96. The number of halogens is 1. The van der Waals surface area contributed by atoms with Crippen molar-refractivity contribution < 1.29 is 14.3 Å². The predicted molar refractivity (Wildman–Crippen MR) is 94.3 cm³/mol. The average molecular weight is 398 g/mol. The van der Waals surface area contributed by atoms with Crippen molar-refractivity contribution in [3.63, 3.8) is 0 Å². The molecule has 1 atom stereocenters. The number of ether oxygens (including phenoxy) is 2. The maximum atomic E-state index is 12.3. The Labute approximate surface area is 151 Å². The summed E-state index contributed by atoms with van der Waals surface area (Å²) < 4.78 is 11.5. The summed E-state index contributed by atoms with van der Waals surface area (Å²) in [5.74, 6) is 0.217. The molecular formula is C17H24BrN3O3. The molecule has 1 aromatic rings. The van der Waals surface area contributed by atoms with Crippen molar-refractivity contribution in [3.05, 3.63) is 16.0 Å². The van der Waals surface area contributed by atoms with Crippen molar-refractivity contribution in [2.75, 3.05) is 31.2 Å². The van der Waals surface area contributed by atoms with Crippen LogP contribution in [0.4, 0.5) is 5.82 Å². The van der Waals surface area contributed by atoms with Gasteiger partial charge in [0.25, 0.3) is 0 Å². The third-order valence-corrected chi connectivity index (χ3v) is 5.73. The molecule has 0 radical (unpaired) electrons. The van der Waals surface area contributed by atoms with E-state index in [0.717, 1.165) is 44.7 Å². The summed E-state index contributed by atoms with van der Waals surface area (Å²) in [7, 11) is 0. The molecular weight excluding hydrogens is 374 g/mol. The van der Waals surface area contributed by atoms with Crippen LogP contribution in [0.3, 0.4) is 0 Å². The lowest BCUT2D eigenvalue weighted by Gasteiger charge is -2.39. The highest BCUT2D eigenvalue weighted by Gasteiger charge is 2.41. The highest BCUT2D eigenvalue weighted by Crippen LogP contribution is 2.42. The van der Waals surface area contributed by atoms with Crippen LogP contribution in [0.2, 0.25) is 0 Å². The molecule has 0 aliphatic carbocycles. The fourth-order valence-corrected chi connectivity index (χ4v) is 3.90. The molecule has 0 amide bonds.